The molecular formula is C19H19FN2O3S3. The molecule has 0 spiro atoms. The van der Waals surface area contributed by atoms with Crippen molar-refractivity contribution in [2.75, 3.05) is 13.6 Å². The summed E-state index contributed by atoms with van der Waals surface area (Å²) >= 11 is 3.09. The first kappa shape index (κ1) is 20.7. The Bertz CT molecular complexity index is 965. The second-order valence-corrected chi connectivity index (χ2v) is 10.2. The van der Waals surface area contributed by atoms with E-state index in [1.807, 2.05) is 35.0 Å². The molecule has 0 atom stereocenters. The van der Waals surface area contributed by atoms with Crippen LogP contribution in [0, 0.1) is 5.82 Å². The van der Waals surface area contributed by atoms with Gasteiger partial charge in [0.25, 0.3) is 0 Å². The lowest BCUT2D eigenvalue weighted by molar-refractivity contribution is -0.132. The third-order valence-electron chi connectivity index (χ3n) is 4.09. The van der Waals surface area contributed by atoms with Crippen LogP contribution in [0.2, 0.25) is 0 Å². The van der Waals surface area contributed by atoms with Crippen molar-refractivity contribution in [2.24, 2.45) is 0 Å². The van der Waals surface area contributed by atoms with E-state index in [0.717, 1.165) is 26.2 Å². The third kappa shape index (κ3) is 5.05. The van der Waals surface area contributed by atoms with E-state index in [9.17, 15) is 17.6 Å². The van der Waals surface area contributed by atoms with Crippen molar-refractivity contribution < 1.29 is 17.6 Å². The van der Waals surface area contributed by atoms with Crippen LogP contribution in [-0.2, 0) is 27.9 Å². The van der Waals surface area contributed by atoms with E-state index in [1.54, 1.807) is 27.6 Å². The lowest BCUT2D eigenvalue weighted by Gasteiger charge is -2.24. The second-order valence-electron chi connectivity index (χ2n) is 6.12. The molecule has 3 rings (SSSR count). The Hall–Kier alpha value is -2.07. The fourth-order valence-corrected chi connectivity index (χ4v) is 5.13. The van der Waals surface area contributed by atoms with Crippen LogP contribution in [0.5, 0.6) is 0 Å². The molecule has 3 aromatic rings. The summed E-state index contributed by atoms with van der Waals surface area (Å²) in [4.78, 5) is 16.5. The first-order valence-corrected chi connectivity index (χ1v) is 11.6. The van der Waals surface area contributed by atoms with Crippen molar-refractivity contribution in [1.82, 2.24) is 9.21 Å². The van der Waals surface area contributed by atoms with Gasteiger partial charge in [0, 0.05) is 16.8 Å². The number of amides is 1. The van der Waals surface area contributed by atoms with Crippen LogP contribution in [0.3, 0.4) is 0 Å². The molecule has 1 amide bonds. The largest absolute Gasteiger partial charge is 0.331 e. The number of thiophene rings is 2. The minimum atomic E-state index is -3.88. The number of benzene rings is 1. The molecule has 0 saturated carbocycles. The highest BCUT2D eigenvalue weighted by atomic mass is 32.2. The van der Waals surface area contributed by atoms with Gasteiger partial charge in [-0.2, -0.15) is 4.31 Å². The molecule has 0 aliphatic carbocycles. The fraction of sp³-hybridized carbons (Fsp3) is 0.211. The van der Waals surface area contributed by atoms with Crippen LogP contribution >= 0.6 is 22.7 Å². The number of carbonyl (C=O) groups is 1. The molecule has 1 aromatic carbocycles. The van der Waals surface area contributed by atoms with Gasteiger partial charge < -0.3 is 4.90 Å². The standard InChI is InChI=1S/C19H19FN2O3S3/c1-21(28(24,25)18-8-6-15(20)7-9-18)14-19(23)22(12-16-4-2-10-26-16)13-17-5-3-11-27-17/h2-11H,12-14H2,1H3. The number of rotatable bonds is 8. The van der Waals surface area contributed by atoms with E-state index in [1.165, 1.54) is 19.2 Å². The Labute approximate surface area is 171 Å². The van der Waals surface area contributed by atoms with Crippen molar-refractivity contribution in [2.45, 2.75) is 18.0 Å². The minimum Gasteiger partial charge on any atom is -0.331 e. The molecule has 0 aliphatic heterocycles. The molecule has 0 aliphatic rings. The fourth-order valence-electron chi connectivity index (χ4n) is 2.58. The van der Waals surface area contributed by atoms with Crippen molar-refractivity contribution in [3.05, 3.63) is 74.9 Å². The third-order valence-corrected chi connectivity index (χ3v) is 7.63. The summed E-state index contributed by atoms with van der Waals surface area (Å²) in [6.45, 7) is 0.536. The zero-order valence-corrected chi connectivity index (χ0v) is 17.6. The van der Waals surface area contributed by atoms with Gasteiger partial charge in [-0.25, -0.2) is 12.8 Å². The Balaban J connectivity index is 1.75. The molecule has 148 valence electrons. The van der Waals surface area contributed by atoms with Gasteiger partial charge in [-0.05, 0) is 47.2 Å². The monoisotopic (exact) mass is 438 g/mol. The summed E-state index contributed by atoms with van der Waals surface area (Å²) in [5, 5.41) is 3.88. The summed E-state index contributed by atoms with van der Waals surface area (Å²) < 4.78 is 39.4. The topological polar surface area (TPSA) is 57.7 Å². The molecule has 2 heterocycles. The highest BCUT2D eigenvalue weighted by molar-refractivity contribution is 7.89. The molecule has 0 saturated heterocycles. The van der Waals surface area contributed by atoms with Crippen molar-refractivity contribution in [1.29, 1.82) is 0 Å². The van der Waals surface area contributed by atoms with Gasteiger partial charge in [-0.1, -0.05) is 12.1 Å². The highest BCUT2D eigenvalue weighted by Crippen LogP contribution is 2.19. The van der Waals surface area contributed by atoms with Crippen LogP contribution in [0.25, 0.3) is 0 Å². The minimum absolute atomic E-state index is 0.0488. The van der Waals surface area contributed by atoms with E-state index < -0.39 is 15.8 Å². The molecule has 28 heavy (non-hydrogen) atoms. The van der Waals surface area contributed by atoms with Crippen molar-refractivity contribution in [3.8, 4) is 0 Å². The molecule has 0 fully saturated rings. The van der Waals surface area contributed by atoms with Crippen LogP contribution in [-0.4, -0.2) is 37.1 Å². The summed E-state index contributed by atoms with van der Waals surface area (Å²) in [6.07, 6.45) is 0. The highest BCUT2D eigenvalue weighted by Gasteiger charge is 2.25. The number of hydrogen-bond acceptors (Lipinski definition) is 5. The van der Waals surface area contributed by atoms with Gasteiger partial charge >= 0.3 is 0 Å². The molecular weight excluding hydrogens is 419 g/mol. The Morgan fingerprint density at radius 3 is 1.96 bits per heavy atom. The van der Waals surface area contributed by atoms with Crippen LogP contribution in [0.1, 0.15) is 9.75 Å². The van der Waals surface area contributed by atoms with Crippen LogP contribution < -0.4 is 0 Å². The number of likely N-dealkylation sites (N-methyl/N-ethyl adjacent to an activating group) is 1. The predicted octanol–water partition coefficient (Wildman–Crippen LogP) is 3.80. The first-order chi connectivity index (χ1) is 13.4. The molecule has 0 unspecified atom stereocenters. The van der Waals surface area contributed by atoms with Gasteiger partial charge in [-0.15, -0.1) is 22.7 Å². The average molecular weight is 439 g/mol. The smallest absolute Gasteiger partial charge is 0.243 e. The quantitative estimate of drug-likeness (QED) is 0.538. The number of halogens is 1. The SMILES string of the molecule is CN(CC(=O)N(Cc1cccs1)Cc1cccs1)S(=O)(=O)c1ccc(F)cc1. The molecule has 0 bridgehead atoms. The summed E-state index contributed by atoms with van der Waals surface area (Å²) in [7, 11) is -2.53. The Kier molecular flexibility index (Phi) is 6.61. The maximum absolute atomic E-state index is 13.1. The molecule has 5 nitrogen and oxygen atoms in total. The molecule has 0 radical (unpaired) electrons. The Morgan fingerprint density at radius 2 is 1.50 bits per heavy atom. The predicted molar refractivity (Wildman–Crippen MR) is 109 cm³/mol. The summed E-state index contributed by atoms with van der Waals surface area (Å²) in [5.74, 6) is -0.814. The first-order valence-electron chi connectivity index (χ1n) is 8.41. The van der Waals surface area contributed by atoms with E-state index in [0.29, 0.717) is 13.1 Å². The van der Waals surface area contributed by atoms with Gasteiger partial charge in [0.15, 0.2) is 0 Å². The van der Waals surface area contributed by atoms with Crippen LogP contribution in [0.15, 0.2) is 64.2 Å². The number of carbonyl (C=O) groups excluding carboxylic acids is 1. The maximum Gasteiger partial charge on any atom is 0.243 e. The van der Waals surface area contributed by atoms with Gasteiger partial charge in [0.2, 0.25) is 15.9 Å². The molecule has 0 N–H and O–H groups in total. The normalized spacial score (nSPS) is 11.7. The lowest BCUT2D eigenvalue weighted by atomic mass is 10.3. The van der Waals surface area contributed by atoms with Gasteiger partial charge in [-0.3, -0.25) is 4.79 Å². The second kappa shape index (κ2) is 8.95. The average Bonchev–Trinajstić information content (AvgIpc) is 3.35. The van der Waals surface area contributed by atoms with Crippen LogP contribution in [0.4, 0.5) is 4.39 Å². The molecule has 9 heteroatoms. The van der Waals surface area contributed by atoms with Crippen molar-refractivity contribution in [3.63, 3.8) is 0 Å². The van der Waals surface area contributed by atoms with E-state index in [2.05, 4.69) is 0 Å². The van der Waals surface area contributed by atoms with E-state index in [4.69, 9.17) is 0 Å². The Morgan fingerprint density at radius 1 is 0.964 bits per heavy atom. The van der Waals surface area contributed by atoms with E-state index in [-0.39, 0.29) is 17.3 Å². The van der Waals surface area contributed by atoms with Gasteiger partial charge in [0.1, 0.15) is 5.82 Å². The number of hydrogen-bond donors (Lipinski definition) is 0. The maximum atomic E-state index is 13.1. The zero-order chi connectivity index (χ0) is 20.1. The summed E-state index contributed by atoms with van der Waals surface area (Å²) in [6, 6.07) is 12.3. The lowest BCUT2D eigenvalue weighted by Crippen LogP contribution is -2.40. The van der Waals surface area contributed by atoms with Gasteiger partial charge in [0.05, 0.1) is 24.5 Å². The van der Waals surface area contributed by atoms with Crippen molar-refractivity contribution >= 4 is 38.6 Å². The number of sulfonamides is 1. The summed E-state index contributed by atoms with van der Waals surface area (Å²) in [5.41, 5.74) is 0. The molecule has 2 aromatic heterocycles. The zero-order valence-electron chi connectivity index (χ0n) is 15.1. The number of nitrogens with zero attached hydrogens (tertiary/aromatic N) is 2. The van der Waals surface area contributed by atoms with E-state index >= 15 is 0 Å².